The Morgan fingerprint density at radius 2 is 1.70 bits per heavy atom. The van der Waals surface area contributed by atoms with Gasteiger partial charge in [0.1, 0.15) is 5.41 Å². The quantitative estimate of drug-likeness (QED) is 0.222. The summed E-state index contributed by atoms with van der Waals surface area (Å²) in [6, 6.07) is 20.8. The van der Waals surface area contributed by atoms with E-state index < -0.39 is 16.3 Å². The average Bonchev–Trinajstić information content (AvgIpc) is 3.12. The summed E-state index contributed by atoms with van der Waals surface area (Å²) in [5.41, 5.74) is 5.06. The Morgan fingerprint density at radius 3 is 2.36 bits per heavy atom. The molecule has 2 atom stereocenters. The van der Waals surface area contributed by atoms with Crippen molar-refractivity contribution < 1.29 is 14.8 Å². The van der Waals surface area contributed by atoms with E-state index in [0.717, 1.165) is 53.5 Å². The molecule has 4 rings (SSSR count). The molecule has 0 heterocycles. The Bertz CT molecular complexity index is 1180. The molecular weight excluding hydrogens is 414 g/mol. The number of fused-ring (bicyclic) bond motifs is 3. The largest absolute Gasteiger partial charge is 0.480 e. The van der Waals surface area contributed by atoms with Crippen LogP contribution >= 0.6 is 0 Å². The SMILES string of the molecule is CCC(C)c1ccc2c(c1)C(CCCCc1ccc([N+](=O)[O-])cc1)(C(=O)O)c1ccccc1-2. The van der Waals surface area contributed by atoms with E-state index in [1.807, 2.05) is 24.3 Å². The second-order valence-electron chi connectivity index (χ2n) is 9.00. The van der Waals surface area contributed by atoms with Crippen LogP contribution in [0.2, 0.25) is 0 Å². The van der Waals surface area contributed by atoms with Crippen LogP contribution in [0, 0.1) is 10.1 Å². The number of carboxylic acid groups (broad SMARTS) is 1. The first-order valence-electron chi connectivity index (χ1n) is 11.6. The molecule has 5 nitrogen and oxygen atoms in total. The average molecular weight is 444 g/mol. The van der Waals surface area contributed by atoms with Crippen molar-refractivity contribution in [3.63, 3.8) is 0 Å². The van der Waals surface area contributed by atoms with E-state index >= 15 is 0 Å². The van der Waals surface area contributed by atoms with Crippen LogP contribution in [0.4, 0.5) is 5.69 Å². The number of nitro groups is 1. The molecular formula is C28H29NO4. The minimum absolute atomic E-state index is 0.0832. The van der Waals surface area contributed by atoms with Crippen LogP contribution in [0.25, 0.3) is 11.1 Å². The maximum atomic E-state index is 12.9. The van der Waals surface area contributed by atoms with Gasteiger partial charge in [0.2, 0.25) is 0 Å². The van der Waals surface area contributed by atoms with Gasteiger partial charge < -0.3 is 5.11 Å². The van der Waals surface area contributed by atoms with Crippen molar-refractivity contribution in [1.82, 2.24) is 0 Å². The van der Waals surface area contributed by atoms with E-state index in [4.69, 9.17) is 0 Å². The zero-order valence-electron chi connectivity index (χ0n) is 19.1. The van der Waals surface area contributed by atoms with Gasteiger partial charge in [-0.25, -0.2) is 0 Å². The molecule has 3 aromatic carbocycles. The third kappa shape index (κ3) is 4.04. The van der Waals surface area contributed by atoms with Crippen LogP contribution in [0.3, 0.4) is 0 Å². The molecule has 0 amide bonds. The molecule has 170 valence electrons. The molecule has 0 fully saturated rings. The van der Waals surface area contributed by atoms with Crippen LogP contribution in [0.15, 0.2) is 66.7 Å². The topological polar surface area (TPSA) is 80.4 Å². The predicted octanol–water partition coefficient (Wildman–Crippen LogP) is 6.87. The van der Waals surface area contributed by atoms with Crippen molar-refractivity contribution in [2.45, 2.75) is 57.3 Å². The van der Waals surface area contributed by atoms with E-state index in [2.05, 4.69) is 32.0 Å². The molecule has 0 radical (unpaired) electrons. The number of nitro benzene ring substituents is 1. The van der Waals surface area contributed by atoms with Crippen LogP contribution < -0.4 is 0 Å². The molecule has 0 saturated heterocycles. The molecule has 0 aliphatic heterocycles. The van der Waals surface area contributed by atoms with E-state index in [0.29, 0.717) is 12.3 Å². The lowest BCUT2D eigenvalue weighted by Gasteiger charge is -2.28. The van der Waals surface area contributed by atoms with Crippen molar-refractivity contribution >= 4 is 11.7 Å². The Labute approximate surface area is 194 Å². The zero-order chi connectivity index (χ0) is 23.6. The summed E-state index contributed by atoms with van der Waals surface area (Å²) in [6.45, 7) is 4.33. The van der Waals surface area contributed by atoms with Crippen molar-refractivity contribution in [2.24, 2.45) is 0 Å². The van der Waals surface area contributed by atoms with E-state index in [-0.39, 0.29) is 5.69 Å². The second kappa shape index (κ2) is 9.18. The first-order chi connectivity index (χ1) is 15.9. The van der Waals surface area contributed by atoms with Crippen molar-refractivity contribution in [3.8, 4) is 11.1 Å². The van der Waals surface area contributed by atoms with Gasteiger partial charge in [0.25, 0.3) is 5.69 Å². The standard InChI is InChI=1S/C28H29NO4/c1-3-19(2)21-13-16-24-23-9-4-5-10-25(23)28(27(30)31,26(24)18-21)17-7-6-8-20-11-14-22(15-12-20)29(32)33/h4-5,9-16,18-19H,3,6-8,17H2,1-2H3,(H,30,31). The van der Waals surface area contributed by atoms with Crippen LogP contribution in [0.1, 0.15) is 67.7 Å². The van der Waals surface area contributed by atoms with Crippen molar-refractivity contribution in [2.75, 3.05) is 0 Å². The Hall–Kier alpha value is -3.47. The number of nitrogens with zero attached hydrogens (tertiary/aromatic N) is 1. The van der Waals surface area contributed by atoms with Gasteiger partial charge in [0.15, 0.2) is 0 Å². The van der Waals surface area contributed by atoms with Crippen LogP contribution in [0.5, 0.6) is 0 Å². The minimum atomic E-state index is -1.05. The summed E-state index contributed by atoms with van der Waals surface area (Å²) in [7, 11) is 0. The molecule has 0 bridgehead atoms. The highest BCUT2D eigenvalue weighted by Gasteiger charge is 2.49. The summed E-state index contributed by atoms with van der Waals surface area (Å²) in [5.74, 6) is -0.432. The molecule has 1 N–H and O–H groups in total. The number of rotatable bonds is 9. The fraction of sp³-hybridized carbons (Fsp3) is 0.321. The molecule has 0 spiro atoms. The summed E-state index contributed by atoms with van der Waals surface area (Å²) in [6.07, 6.45) is 3.83. The number of hydrogen-bond donors (Lipinski definition) is 1. The summed E-state index contributed by atoms with van der Waals surface area (Å²) < 4.78 is 0. The third-order valence-corrected chi connectivity index (χ3v) is 7.14. The van der Waals surface area contributed by atoms with Gasteiger partial charge in [-0.2, -0.15) is 0 Å². The monoisotopic (exact) mass is 443 g/mol. The Kier molecular flexibility index (Phi) is 6.32. The number of benzene rings is 3. The van der Waals surface area contributed by atoms with Crippen molar-refractivity contribution in [1.29, 1.82) is 0 Å². The lowest BCUT2D eigenvalue weighted by Crippen LogP contribution is -2.35. The summed E-state index contributed by atoms with van der Waals surface area (Å²) in [5, 5.41) is 21.4. The number of aryl methyl sites for hydroxylation is 1. The molecule has 0 aromatic heterocycles. The van der Waals surface area contributed by atoms with Gasteiger partial charge in [-0.3, -0.25) is 14.9 Å². The molecule has 1 aliphatic rings. The lowest BCUT2D eigenvalue weighted by atomic mass is 9.73. The smallest absolute Gasteiger partial charge is 0.318 e. The molecule has 0 saturated carbocycles. The summed E-state index contributed by atoms with van der Waals surface area (Å²) >= 11 is 0. The van der Waals surface area contributed by atoms with Crippen LogP contribution in [-0.2, 0) is 16.6 Å². The first kappa shape index (κ1) is 22.7. The van der Waals surface area contributed by atoms with Gasteiger partial charge >= 0.3 is 5.97 Å². The number of carboxylic acids is 1. The fourth-order valence-corrected chi connectivity index (χ4v) is 5.04. The Balaban J connectivity index is 1.61. The number of carbonyl (C=O) groups is 1. The van der Waals surface area contributed by atoms with Gasteiger partial charge in [-0.05, 0) is 65.0 Å². The van der Waals surface area contributed by atoms with E-state index in [1.54, 1.807) is 12.1 Å². The predicted molar refractivity (Wildman–Crippen MR) is 130 cm³/mol. The fourth-order valence-electron chi connectivity index (χ4n) is 5.04. The van der Waals surface area contributed by atoms with Gasteiger partial charge in [-0.15, -0.1) is 0 Å². The van der Waals surface area contributed by atoms with E-state index in [9.17, 15) is 20.0 Å². The number of non-ortho nitro benzene ring substituents is 1. The Morgan fingerprint density at radius 1 is 1.00 bits per heavy atom. The molecule has 3 aromatic rings. The normalized spacial score (nSPS) is 17.3. The maximum Gasteiger partial charge on any atom is 0.318 e. The van der Waals surface area contributed by atoms with Gasteiger partial charge in [0.05, 0.1) is 4.92 Å². The third-order valence-electron chi connectivity index (χ3n) is 7.14. The molecule has 2 unspecified atom stereocenters. The highest BCUT2D eigenvalue weighted by Crippen LogP contribution is 2.52. The summed E-state index contributed by atoms with van der Waals surface area (Å²) in [4.78, 5) is 23.4. The first-order valence-corrected chi connectivity index (χ1v) is 11.6. The highest BCUT2D eigenvalue weighted by molar-refractivity contribution is 5.97. The van der Waals surface area contributed by atoms with Gasteiger partial charge in [-0.1, -0.05) is 74.9 Å². The minimum Gasteiger partial charge on any atom is -0.480 e. The number of hydrogen-bond acceptors (Lipinski definition) is 3. The maximum absolute atomic E-state index is 12.9. The van der Waals surface area contributed by atoms with Gasteiger partial charge in [0, 0.05) is 12.1 Å². The van der Waals surface area contributed by atoms with Crippen molar-refractivity contribution in [3.05, 3.63) is 99.1 Å². The zero-order valence-corrected chi connectivity index (χ0v) is 19.1. The second-order valence-corrected chi connectivity index (χ2v) is 9.00. The lowest BCUT2D eigenvalue weighted by molar-refractivity contribution is -0.384. The van der Waals surface area contributed by atoms with E-state index in [1.165, 1.54) is 17.7 Å². The molecule has 5 heteroatoms. The number of unbranched alkanes of at least 4 members (excludes halogenated alkanes) is 1. The molecule has 1 aliphatic carbocycles. The number of aliphatic carboxylic acids is 1. The highest BCUT2D eigenvalue weighted by atomic mass is 16.6. The van der Waals surface area contributed by atoms with Crippen LogP contribution in [-0.4, -0.2) is 16.0 Å². The molecule has 33 heavy (non-hydrogen) atoms.